The third-order valence-electron chi connectivity index (χ3n) is 1.75. The van der Waals surface area contributed by atoms with E-state index >= 15 is 0 Å². The molecule has 0 spiro atoms. The molecule has 0 aromatic heterocycles. The van der Waals surface area contributed by atoms with Crippen LogP contribution in [-0.4, -0.2) is 25.8 Å². The van der Waals surface area contributed by atoms with Gasteiger partial charge in [-0.1, -0.05) is 17.7 Å². The van der Waals surface area contributed by atoms with Crippen LogP contribution < -0.4 is 5.32 Å². The van der Waals surface area contributed by atoms with E-state index in [-0.39, 0.29) is 0 Å². The summed E-state index contributed by atoms with van der Waals surface area (Å²) in [6.07, 6.45) is 4.71. The molecule has 0 amide bonds. The van der Waals surface area contributed by atoms with Crippen LogP contribution in [0.3, 0.4) is 0 Å². The van der Waals surface area contributed by atoms with Gasteiger partial charge in [-0.25, -0.2) is 0 Å². The Balaban J connectivity index is 1.93. The predicted octanol–water partition coefficient (Wildman–Crippen LogP) is 1.51. The van der Waals surface area contributed by atoms with Crippen LogP contribution in [0, 0.1) is 0 Å². The van der Waals surface area contributed by atoms with E-state index in [4.69, 9.17) is 16.3 Å². The average Bonchev–Trinajstić information content (AvgIpc) is 2.50. The van der Waals surface area contributed by atoms with Crippen molar-refractivity contribution in [1.29, 1.82) is 0 Å². The van der Waals surface area contributed by atoms with Crippen molar-refractivity contribution >= 4 is 11.6 Å². The third-order valence-corrected chi connectivity index (χ3v) is 1.93. The van der Waals surface area contributed by atoms with Gasteiger partial charge < -0.3 is 10.1 Å². The highest BCUT2D eigenvalue weighted by Crippen LogP contribution is 2.10. The largest absolute Gasteiger partial charge is 0.377 e. The van der Waals surface area contributed by atoms with Crippen molar-refractivity contribution in [2.45, 2.75) is 18.9 Å². The molecule has 0 aromatic rings. The Labute approximate surface area is 72.6 Å². The van der Waals surface area contributed by atoms with Gasteiger partial charge in [0.15, 0.2) is 0 Å². The summed E-state index contributed by atoms with van der Waals surface area (Å²) in [6.45, 7) is 2.71. The second-order valence-corrected chi connectivity index (χ2v) is 2.91. The molecule has 64 valence electrons. The van der Waals surface area contributed by atoms with E-state index in [2.05, 4.69) is 5.32 Å². The third kappa shape index (κ3) is 3.75. The molecule has 0 aromatic carbocycles. The van der Waals surface area contributed by atoms with E-state index in [0.29, 0.717) is 6.10 Å². The highest BCUT2D eigenvalue weighted by atomic mass is 35.5. The van der Waals surface area contributed by atoms with Gasteiger partial charge in [0.05, 0.1) is 6.10 Å². The first-order chi connectivity index (χ1) is 5.43. The maximum atomic E-state index is 5.41. The fraction of sp³-hybridized carbons (Fsp3) is 0.750. The van der Waals surface area contributed by atoms with Crippen molar-refractivity contribution in [3.05, 3.63) is 11.6 Å². The maximum absolute atomic E-state index is 5.41. The minimum absolute atomic E-state index is 0.429. The summed E-state index contributed by atoms with van der Waals surface area (Å²) in [6, 6.07) is 0. The number of ether oxygens (including phenoxy) is 1. The van der Waals surface area contributed by atoms with Gasteiger partial charge in [-0.05, 0) is 12.8 Å². The molecule has 0 bridgehead atoms. The monoisotopic (exact) mass is 175 g/mol. The van der Waals surface area contributed by atoms with Crippen LogP contribution in [0.25, 0.3) is 0 Å². The lowest BCUT2D eigenvalue weighted by molar-refractivity contribution is 0.111. The molecule has 1 unspecified atom stereocenters. The summed E-state index contributed by atoms with van der Waals surface area (Å²) in [5.74, 6) is 0. The lowest BCUT2D eigenvalue weighted by Crippen LogP contribution is -2.26. The molecule has 3 heteroatoms. The number of hydrogen-bond acceptors (Lipinski definition) is 2. The molecule has 1 heterocycles. The molecule has 0 aliphatic carbocycles. The Morgan fingerprint density at radius 1 is 1.64 bits per heavy atom. The highest BCUT2D eigenvalue weighted by Gasteiger charge is 2.13. The van der Waals surface area contributed by atoms with Crippen LogP contribution in [0.15, 0.2) is 11.6 Å². The van der Waals surface area contributed by atoms with Gasteiger partial charge in [0, 0.05) is 25.2 Å². The van der Waals surface area contributed by atoms with Gasteiger partial charge in [0.1, 0.15) is 0 Å². The summed E-state index contributed by atoms with van der Waals surface area (Å²) >= 11 is 5.35. The van der Waals surface area contributed by atoms with E-state index in [9.17, 15) is 0 Å². The second kappa shape index (κ2) is 5.58. The summed E-state index contributed by atoms with van der Waals surface area (Å²) in [5.41, 5.74) is 1.53. The van der Waals surface area contributed by atoms with Crippen LogP contribution in [0.5, 0.6) is 0 Å². The predicted molar refractivity (Wildman–Crippen MR) is 46.8 cm³/mol. The molecule has 1 rings (SSSR count). The first-order valence-corrected chi connectivity index (χ1v) is 4.44. The molecular weight excluding hydrogens is 162 g/mol. The first-order valence-electron chi connectivity index (χ1n) is 4.01. The fourth-order valence-corrected chi connectivity index (χ4v) is 1.27. The molecule has 1 aliphatic rings. The van der Waals surface area contributed by atoms with Crippen molar-refractivity contribution in [2.75, 3.05) is 19.7 Å². The average molecular weight is 176 g/mol. The summed E-state index contributed by atoms with van der Waals surface area (Å²) in [7, 11) is 0. The Hall–Kier alpha value is -0.0500. The molecule has 1 atom stereocenters. The van der Waals surface area contributed by atoms with Gasteiger partial charge in [0.25, 0.3) is 0 Å². The molecule has 0 radical (unpaired) electrons. The molecule has 2 nitrogen and oxygen atoms in total. The van der Waals surface area contributed by atoms with Crippen molar-refractivity contribution in [3.8, 4) is 0 Å². The zero-order valence-corrected chi connectivity index (χ0v) is 7.31. The smallest absolute Gasteiger partial charge is 0.0700 e. The van der Waals surface area contributed by atoms with Gasteiger partial charge >= 0.3 is 0 Å². The van der Waals surface area contributed by atoms with Crippen LogP contribution in [0.2, 0.25) is 0 Å². The van der Waals surface area contributed by atoms with E-state index < -0.39 is 0 Å². The van der Waals surface area contributed by atoms with Gasteiger partial charge in [-0.3, -0.25) is 0 Å². The minimum Gasteiger partial charge on any atom is -0.377 e. The van der Waals surface area contributed by atoms with Crippen LogP contribution in [0.1, 0.15) is 12.8 Å². The topological polar surface area (TPSA) is 21.3 Å². The normalized spacial score (nSPS) is 25.0. The zero-order valence-electron chi connectivity index (χ0n) is 6.55. The number of hydrogen-bond donors (Lipinski definition) is 1. The summed E-state index contributed by atoms with van der Waals surface area (Å²) < 4.78 is 5.41. The maximum Gasteiger partial charge on any atom is 0.0700 e. The second-order valence-electron chi connectivity index (χ2n) is 2.65. The number of nitrogens with one attached hydrogen (secondary N) is 1. The van der Waals surface area contributed by atoms with Crippen LogP contribution >= 0.6 is 11.6 Å². The van der Waals surface area contributed by atoms with Crippen LogP contribution in [0.4, 0.5) is 0 Å². The minimum atomic E-state index is 0.429. The Kier molecular flexibility index (Phi) is 4.59. The van der Waals surface area contributed by atoms with E-state index in [0.717, 1.165) is 19.7 Å². The molecule has 11 heavy (non-hydrogen) atoms. The standard InChI is InChI=1S/C8H14ClNO/c9-4-2-5-10-7-8-3-1-6-11-8/h2,4,8,10H,1,3,5-7H2/b4-2+. The number of rotatable bonds is 4. The van der Waals surface area contributed by atoms with E-state index in [1.165, 1.54) is 18.4 Å². The zero-order chi connectivity index (χ0) is 7.94. The lowest BCUT2D eigenvalue weighted by atomic mass is 10.2. The Bertz CT molecular complexity index is 121. The fourth-order valence-electron chi connectivity index (χ4n) is 1.18. The molecule has 0 saturated carbocycles. The molecule has 1 N–H and O–H groups in total. The van der Waals surface area contributed by atoms with Crippen molar-refractivity contribution in [2.24, 2.45) is 0 Å². The Morgan fingerprint density at radius 3 is 3.18 bits per heavy atom. The van der Waals surface area contributed by atoms with Gasteiger partial charge in [-0.2, -0.15) is 0 Å². The first kappa shape index (κ1) is 9.04. The van der Waals surface area contributed by atoms with Crippen molar-refractivity contribution in [3.63, 3.8) is 0 Å². The molecule has 1 aliphatic heterocycles. The lowest BCUT2D eigenvalue weighted by Gasteiger charge is -2.08. The molecule has 1 fully saturated rings. The van der Waals surface area contributed by atoms with E-state index in [1.807, 2.05) is 6.08 Å². The van der Waals surface area contributed by atoms with E-state index in [1.54, 1.807) is 0 Å². The quantitative estimate of drug-likeness (QED) is 0.655. The Morgan fingerprint density at radius 2 is 2.55 bits per heavy atom. The number of halogens is 1. The van der Waals surface area contributed by atoms with Gasteiger partial charge in [0.2, 0.25) is 0 Å². The molecule has 1 saturated heterocycles. The van der Waals surface area contributed by atoms with Crippen molar-refractivity contribution < 1.29 is 4.74 Å². The summed E-state index contributed by atoms with van der Waals surface area (Å²) in [4.78, 5) is 0. The van der Waals surface area contributed by atoms with Crippen LogP contribution in [-0.2, 0) is 4.74 Å². The van der Waals surface area contributed by atoms with Gasteiger partial charge in [-0.15, -0.1) is 0 Å². The molecular formula is C8H14ClNO. The highest BCUT2D eigenvalue weighted by molar-refractivity contribution is 6.25. The van der Waals surface area contributed by atoms with Crippen molar-refractivity contribution in [1.82, 2.24) is 5.32 Å². The summed E-state index contributed by atoms with van der Waals surface area (Å²) in [5, 5.41) is 3.23. The SMILES string of the molecule is Cl/C=C/CNCC1CCCO1.